The number of thiophene rings is 1. The van der Waals surface area contributed by atoms with Gasteiger partial charge in [-0.2, -0.15) is 13.2 Å². The fraction of sp³-hybridized carbons (Fsp3) is 0.222. The molecule has 1 aliphatic rings. The lowest BCUT2D eigenvalue weighted by atomic mass is 10.1. The van der Waals surface area contributed by atoms with Crippen LogP contribution >= 0.6 is 22.9 Å². The number of hydrogen-bond donors (Lipinski definition) is 1. The third-order valence-corrected chi connectivity index (χ3v) is 5.61. The average Bonchev–Trinajstić information content (AvgIpc) is 3.22. The van der Waals surface area contributed by atoms with E-state index in [9.17, 15) is 22.4 Å². The summed E-state index contributed by atoms with van der Waals surface area (Å²) in [5, 5.41) is 10.9. The molecule has 2 aromatic heterocycles. The Balaban J connectivity index is 1.67. The Labute approximate surface area is 169 Å². The highest BCUT2D eigenvalue weighted by Crippen LogP contribution is 2.42. The Morgan fingerprint density at radius 3 is 2.86 bits per heavy atom. The molecule has 29 heavy (non-hydrogen) atoms. The van der Waals surface area contributed by atoms with Crippen LogP contribution in [0.3, 0.4) is 0 Å². The normalized spacial score (nSPS) is 16.0. The molecule has 3 heterocycles. The van der Waals surface area contributed by atoms with Crippen LogP contribution in [-0.4, -0.2) is 22.7 Å². The highest BCUT2D eigenvalue weighted by Gasteiger charge is 2.36. The van der Waals surface area contributed by atoms with E-state index in [2.05, 4.69) is 4.98 Å². The molecule has 152 valence electrons. The lowest BCUT2D eigenvalue weighted by molar-refractivity contribution is -0.141. The van der Waals surface area contributed by atoms with E-state index in [1.54, 1.807) is 0 Å². The largest absolute Gasteiger partial charge is 0.481 e. The van der Waals surface area contributed by atoms with Gasteiger partial charge >= 0.3 is 12.1 Å². The zero-order chi connectivity index (χ0) is 20.9. The van der Waals surface area contributed by atoms with Gasteiger partial charge in [-0.15, -0.1) is 11.3 Å². The monoisotopic (exact) mass is 447 g/mol. The van der Waals surface area contributed by atoms with Crippen LogP contribution < -0.4 is 9.47 Å². The van der Waals surface area contributed by atoms with Gasteiger partial charge in [-0.05, 0) is 23.1 Å². The number of carboxylic acids is 1. The molecule has 11 heteroatoms. The first-order chi connectivity index (χ1) is 13.6. The van der Waals surface area contributed by atoms with Gasteiger partial charge in [-0.1, -0.05) is 11.6 Å². The van der Waals surface area contributed by atoms with Gasteiger partial charge in [0.15, 0.2) is 17.7 Å². The van der Waals surface area contributed by atoms with E-state index in [1.165, 1.54) is 17.5 Å². The van der Waals surface area contributed by atoms with Gasteiger partial charge in [0.2, 0.25) is 5.88 Å². The Kier molecular flexibility index (Phi) is 4.78. The summed E-state index contributed by atoms with van der Waals surface area (Å²) in [6, 6.07) is 3.19. The maximum absolute atomic E-state index is 14.9. The second-order valence-corrected chi connectivity index (χ2v) is 7.50. The number of hydrogen-bond acceptors (Lipinski definition) is 5. The second-order valence-electron chi connectivity index (χ2n) is 6.21. The fourth-order valence-electron chi connectivity index (χ4n) is 3.02. The number of carboxylic acid groups (broad SMARTS) is 1. The SMILES string of the molecule is O=C(O)Cc1csc2c(F)c(O[C@H]3COc4nc(C(F)(F)F)ccc43)cc(Cl)c12. The number of aliphatic carboxylic acids is 1. The topological polar surface area (TPSA) is 68.7 Å². The molecule has 0 fully saturated rings. The zero-order valence-corrected chi connectivity index (χ0v) is 15.8. The summed E-state index contributed by atoms with van der Waals surface area (Å²) in [6.07, 6.45) is -5.80. The number of fused-ring (bicyclic) bond motifs is 2. The van der Waals surface area contributed by atoms with Crippen molar-refractivity contribution >= 4 is 39.0 Å². The molecule has 5 nitrogen and oxygen atoms in total. The van der Waals surface area contributed by atoms with Crippen molar-refractivity contribution in [2.75, 3.05) is 6.61 Å². The van der Waals surface area contributed by atoms with Crippen molar-refractivity contribution in [2.45, 2.75) is 18.7 Å². The third-order valence-electron chi connectivity index (χ3n) is 4.29. The van der Waals surface area contributed by atoms with Crippen LogP contribution in [0.1, 0.15) is 22.9 Å². The number of alkyl halides is 3. The molecule has 1 N–H and O–H groups in total. The predicted molar refractivity (Wildman–Crippen MR) is 96.2 cm³/mol. The van der Waals surface area contributed by atoms with Crippen molar-refractivity contribution in [3.8, 4) is 11.6 Å². The molecule has 0 amide bonds. The first kappa shape index (κ1) is 19.7. The van der Waals surface area contributed by atoms with Crippen LogP contribution in [0.2, 0.25) is 5.02 Å². The fourth-order valence-corrected chi connectivity index (χ4v) is 4.42. The van der Waals surface area contributed by atoms with Gasteiger partial charge in [0.25, 0.3) is 0 Å². The summed E-state index contributed by atoms with van der Waals surface area (Å²) >= 11 is 7.21. The van der Waals surface area contributed by atoms with E-state index in [4.69, 9.17) is 26.2 Å². The first-order valence-corrected chi connectivity index (χ1v) is 9.38. The van der Waals surface area contributed by atoms with Gasteiger partial charge in [-0.25, -0.2) is 9.37 Å². The highest BCUT2D eigenvalue weighted by atomic mass is 35.5. The zero-order valence-electron chi connectivity index (χ0n) is 14.2. The van der Waals surface area contributed by atoms with Gasteiger partial charge in [0.05, 0.1) is 21.7 Å². The van der Waals surface area contributed by atoms with Crippen LogP contribution in [0.25, 0.3) is 10.1 Å². The molecular weight excluding hydrogens is 438 g/mol. The molecule has 0 aliphatic carbocycles. The molecule has 4 rings (SSSR count). The van der Waals surface area contributed by atoms with Gasteiger partial charge in [-0.3, -0.25) is 4.79 Å². The van der Waals surface area contributed by atoms with Crippen LogP contribution in [0, 0.1) is 5.82 Å². The van der Waals surface area contributed by atoms with E-state index in [0.717, 1.165) is 17.4 Å². The highest BCUT2D eigenvalue weighted by molar-refractivity contribution is 7.17. The van der Waals surface area contributed by atoms with E-state index in [0.29, 0.717) is 10.9 Å². The molecule has 0 unspecified atom stereocenters. The van der Waals surface area contributed by atoms with E-state index >= 15 is 0 Å². The Hall–Kier alpha value is -2.59. The molecule has 1 atom stereocenters. The summed E-state index contributed by atoms with van der Waals surface area (Å²) in [4.78, 5) is 14.4. The first-order valence-electron chi connectivity index (χ1n) is 8.12. The molecule has 0 radical (unpaired) electrons. The number of ether oxygens (including phenoxy) is 2. The predicted octanol–water partition coefficient (Wildman–Crippen LogP) is 5.25. The second kappa shape index (κ2) is 7.03. The lowest BCUT2D eigenvalue weighted by Gasteiger charge is -2.14. The van der Waals surface area contributed by atoms with Crippen molar-refractivity contribution in [1.82, 2.24) is 4.98 Å². The van der Waals surface area contributed by atoms with Gasteiger partial charge < -0.3 is 14.6 Å². The number of carbonyl (C=O) groups is 1. The number of benzene rings is 1. The van der Waals surface area contributed by atoms with E-state index < -0.39 is 29.8 Å². The number of aromatic nitrogens is 1. The van der Waals surface area contributed by atoms with Crippen molar-refractivity contribution < 1.29 is 36.9 Å². The smallest absolute Gasteiger partial charge is 0.433 e. The standard InChI is InChI=1S/C18H10ClF4NO4S/c19-9-4-10(15(20)16-14(9)7(6-29-16)3-13(25)26)28-11-5-27-17-8(11)1-2-12(24-17)18(21,22)23/h1-2,4,6,11H,3,5H2,(H,25,26)/t11-/m0/s1. The van der Waals surface area contributed by atoms with Crippen molar-refractivity contribution in [2.24, 2.45) is 0 Å². The maximum atomic E-state index is 14.9. The Bertz CT molecular complexity index is 1130. The molecule has 1 aliphatic heterocycles. The summed E-state index contributed by atoms with van der Waals surface area (Å²) < 4.78 is 64.2. The lowest BCUT2D eigenvalue weighted by Crippen LogP contribution is -2.10. The molecule has 1 aromatic carbocycles. The minimum absolute atomic E-state index is 0.110. The average molecular weight is 448 g/mol. The van der Waals surface area contributed by atoms with Crippen molar-refractivity contribution in [1.29, 1.82) is 0 Å². The quantitative estimate of drug-likeness (QED) is 0.553. The summed E-state index contributed by atoms with van der Waals surface area (Å²) in [5.41, 5.74) is -0.463. The van der Waals surface area contributed by atoms with Gasteiger partial charge in [0.1, 0.15) is 12.3 Å². The minimum atomic E-state index is -4.62. The van der Waals surface area contributed by atoms with E-state index in [1.807, 2.05) is 0 Å². The Morgan fingerprint density at radius 2 is 2.17 bits per heavy atom. The van der Waals surface area contributed by atoms with Gasteiger partial charge in [0, 0.05) is 11.5 Å². The minimum Gasteiger partial charge on any atom is -0.481 e. The van der Waals surface area contributed by atoms with E-state index in [-0.39, 0.29) is 39.9 Å². The van der Waals surface area contributed by atoms with Crippen LogP contribution in [0.4, 0.5) is 17.6 Å². The van der Waals surface area contributed by atoms with Crippen LogP contribution in [0.15, 0.2) is 23.6 Å². The molecule has 0 saturated carbocycles. The summed E-state index contributed by atoms with van der Waals surface area (Å²) in [7, 11) is 0. The number of rotatable bonds is 4. The molecule has 0 saturated heterocycles. The molecule has 0 bridgehead atoms. The van der Waals surface area contributed by atoms with Crippen molar-refractivity contribution in [3.05, 3.63) is 51.2 Å². The maximum Gasteiger partial charge on any atom is 0.433 e. The Morgan fingerprint density at radius 1 is 1.41 bits per heavy atom. The van der Waals surface area contributed by atoms with Crippen LogP contribution in [0.5, 0.6) is 11.6 Å². The number of halogens is 5. The third kappa shape index (κ3) is 3.58. The summed E-state index contributed by atoms with van der Waals surface area (Å²) in [6.45, 7) is -0.145. The van der Waals surface area contributed by atoms with Crippen LogP contribution in [-0.2, 0) is 17.4 Å². The number of nitrogens with zero attached hydrogens (tertiary/aromatic N) is 1. The molecule has 0 spiro atoms. The summed E-state index contributed by atoms with van der Waals surface area (Å²) in [5.74, 6) is -2.25. The molecule has 3 aromatic rings. The number of pyridine rings is 1. The molecular formula is C18H10ClF4NO4S. The van der Waals surface area contributed by atoms with Crippen molar-refractivity contribution in [3.63, 3.8) is 0 Å².